The van der Waals surface area contributed by atoms with Gasteiger partial charge in [-0.2, -0.15) is 8.42 Å². The van der Waals surface area contributed by atoms with Crippen LogP contribution in [0.3, 0.4) is 0 Å². The summed E-state index contributed by atoms with van der Waals surface area (Å²) in [5, 5.41) is -1.21. The molecule has 2 atom stereocenters. The molecular formula is C3H3Br3O4S. The van der Waals surface area contributed by atoms with Crippen LogP contribution in [0.2, 0.25) is 0 Å². The average molecular weight is 375 g/mol. The van der Waals surface area contributed by atoms with Gasteiger partial charge in [0.15, 0.2) is 0 Å². The van der Waals surface area contributed by atoms with Crippen LogP contribution in [0.1, 0.15) is 0 Å². The SMILES string of the molecule is O=S1(=O)OC(Br)C(Br)C(Br)O1. The van der Waals surface area contributed by atoms with Crippen LogP contribution in [0.25, 0.3) is 0 Å². The smallest absolute Gasteiger partial charge is 0.232 e. The minimum atomic E-state index is -3.84. The van der Waals surface area contributed by atoms with Crippen LogP contribution in [-0.4, -0.2) is 23.3 Å². The summed E-state index contributed by atoms with van der Waals surface area (Å²) < 4.78 is 30.3. The van der Waals surface area contributed by atoms with Crippen molar-refractivity contribution in [3.63, 3.8) is 0 Å². The van der Waals surface area contributed by atoms with Crippen LogP contribution in [-0.2, 0) is 18.8 Å². The van der Waals surface area contributed by atoms with Gasteiger partial charge < -0.3 is 0 Å². The van der Waals surface area contributed by atoms with Crippen LogP contribution in [0.15, 0.2) is 0 Å². The molecule has 0 aromatic carbocycles. The Morgan fingerprint density at radius 2 is 1.36 bits per heavy atom. The predicted molar refractivity (Wildman–Crippen MR) is 49.2 cm³/mol. The first kappa shape index (κ1) is 10.4. The van der Waals surface area contributed by atoms with E-state index >= 15 is 0 Å². The second-order valence-corrected chi connectivity index (χ2v) is 5.81. The number of alkyl halides is 3. The lowest BCUT2D eigenvalue weighted by molar-refractivity contribution is 0.137. The first-order chi connectivity index (χ1) is 4.92. The quantitative estimate of drug-likeness (QED) is 0.603. The van der Waals surface area contributed by atoms with Crippen LogP contribution >= 0.6 is 47.8 Å². The molecule has 4 nitrogen and oxygen atoms in total. The lowest BCUT2D eigenvalue weighted by Gasteiger charge is -2.26. The van der Waals surface area contributed by atoms with E-state index in [1.807, 2.05) is 0 Å². The highest BCUT2D eigenvalue weighted by molar-refractivity contribution is 9.13. The molecule has 0 bridgehead atoms. The number of hydrogen-bond donors (Lipinski definition) is 0. The zero-order chi connectivity index (χ0) is 8.65. The number of halogens is 3. The van der Waals surface area contributed by atoms with Crippen molar-refractivity contribution in [2.24, 2.45) is 0 Å². The summed E-state index contributed by atoms with van der Waals surface area (Å²) >= 11 is 9.19. The Bertz CT molecular complexity index is 221. The minimum Gasteiger partial charge on any atom is -0.232 e. The molecule has 1 fully saturated rings. The third-order valence-corrected chi connectivity index (χ3v) is 6.19. The Hall–Kier alpha value is 1.31. The van der Waals surface area contributed by atoms with Crippen molar-refractivity contribution in [1.29, 1.82) is 0 Å². The lowest BCUT2D eigenvalue weighted by atomic mass is 10.5. The molecule has 1 heterocycles. The zero-order valence-electron chi connectivity index (χ0n) is 4.91. The van der Waals surface area contributed by atoms with Crippen LogP contribution in [0.5, 0.6) is 0 Å². The van der Waals surface area contributed by atoms with E-state index in [1.165, 1.54) is 0 Å². The molecule has 0 amide bonds. The molecule has 66 valence electrons. The molecule has 8 heteroatoms. The van der Waals surface area contributed by atoms with Crippen LogP contribution in [0, 0.1) is 0 Å². The lowest BCUT2D eigenvalue weighted by Crippen LogP contribution is -2.38. The summed E-state index contributed by atoms with van der Waals surface area (Å²) in [6.45, 7) is 0. The van der Waals surface area contributed by atoms with Gasteiger partial charge in [0, 0.05) is 0 Å². The highest BCUT2D eigenvalue weighted by Crippen LogP contribution is 2.32. The molecule has 1 rings (SSSR count). The molecule has 0 N–H and O–H groups in total. The Balaban J connectivity index is 2.78. The van der Waals surface area contributed by atoms with E-state index in [1.54, 1.807) is 0 Å². The van der Waals surface area contributed by atoms with Gasteiger partial charge in [0.1, 0.15) is 10.0 Å². The summed E-state index contributed by atoms with van der Waals surface area (Å²) in [6.07, 6.45) is 0. The van der Waals surface area contributed by atoms with Gasteiger partial charge in [-0.1, -0.05) is 47.8 Å². The summed E-state index contributed by atoms with van der Waals surface area (Å²) in [7, 11) is -3.84. The fourth-order valence-electron chi connectivity index (χ4n) is 0.473. The molecule has 0 saturated carbocycles. The van der Waals surface area contributed by atoms with Crippen molar-refractivity contribution in [2.75, 3.05) is 0 Å². The van der Waals surface area contributed by atoms with Crippen molar-refractivity contribution < 1.29 is 16.8 Å². The summed E-state index contributed by atoms with van der Waals surface area (Å²) in [6, 6.07) is 0. The standard InChI is InChI=1S/C3H3Br3O4S/c4-1-2(5)9-11(7,8)10-3(1)6/h1-3H. The maximum Gasteiger partial charge on any atom is 0.402 e. The Kier molecular flexibility index (Phi) is 3.39. The topological polar surface area (TPSA) is 52.6 Å². The van der Waals surface area contributed by atoms with E-state index in [9.17, 15) is 8.42 Å². The molecule has 0 radical (unpaired) electrons. The van der Waals surface area contributed by atoms with E-state index in [4.69, 9.17) is 0 Å². The molecule has 1 aliphatic rings. The van der Waals surface area contributed by atoms with Gasteiger partial charge in [-0.05, 0) is 0 Å². The monoisotopic (exact) mass is 372 g/mol. The van der Waals surface area contributed by atoms with Gasteiger partial charge in [0.2, 0.25) is 0 Å². The molecule has 1 saturated heterocycles. The second-order valence-electron chi connectivity index (χ2n) is 1.75. The van der Waals surface area contributed by atoms with E-state index in [0.717, 1.165) is 0 Å². The highest BCUT2D eigenvalue weighted by atomic mass is 79.9. The molecule has 0 aromatic heterocycles. The third-order valence-electron chi connectivity index (χ3n) is 0.920. The van der Waals surface area contributed by atoms with Gasteiger partial charge in [-0.25, -0.2) is 8.37 Å². The normalized spacial score (nSPS) is 43.7. The van der Waals surface area contributed by atoms with Crippen molar-refractivity contribution in [1.82, 2.24) is 0 Å². The molecule has 0 aromatic rings. The van der Waals surface area contributed by atoms with Crippen molar-refractivity contribution in [3.05, 3.63) is 0 Å². The fraction of sp³-hybridized carbons (Fsp3) is 1.00. The van der Waals surface area contributed by atoms with Crippen molar-refractivity contribution in [3.8, 4) is 0 Å². The number of rotatable bonds is 0. The van der Waals surface area contributed by atoms with E-state index in [0.29, 0.717) is 0 Å². The fourth-order valence-corrected chi connectivity index (χ4v) is 3.80. The van der Waals surface area contributed by atoms with Gasteiger partial charge in [-0.15, -0.1) is 0 Å². The molecule has 11 heavy (non-hydrogen) atoms. The summed E-state index contributed by atoms with van der Waals surface area (Å²) in [5.74, 6) is 0. The largest absolute Gasteiger partial charge is 0.402 e. The summed E-state index contributed by atoms with van der Waals surface area (Å²) in [4.78, 5) is -0.244. The van der Waals surface area contributed by atoms with Crippen LogP contribution in [0.4, 0.5) is 0 Å². The van der Waals surface area contributed by atoms with Crippen molar-refractivity contribution in [2.45, 2.75) is 14.9 Å². The Labute approximate surface area is 89.3 Å². The minimum absolute atomic E-state index is 0.244. The zero-order valence-corrected chi connectivity index (χ0v) is 10.5. The average Bonchev–Trinajstić information content (AvgIpc) is 1.81. The molecular weight excluding hydrogens is 372 g/mol. The van der Waals surface area contributed by atoms with Gasteiger partial charge in [-0.3, -0.25) is 0 Å². The van der Waals surface area contributed by atoms with E-state index in [2.05, 4.69) is 56.2 Å². The van der Waals surface area contributed by atoms with Crippen molar-refractivity contribution >= 4 is 58.2 Å². The first-order valence-electron chi connectivity index (χ1n) is 2.46. The van der Waals surface area contributed by atoms with Gasteiger partial charge >= 0.3 is 10.4 Å². The van der Waals surface area contributed by atoms with E-state index in [-0.39, 0.29) is 4.83 Å². The maximum atomic E-state index is 10.7. The molecule has 1 aliphatic heterocycles. The molecule has 0 spiro atoms. The first-order valence-corrected chi connectivity index (χ1v) is 6.54. The van der Waals surface area contributed by atoms with E-state index < -0.39 is 20.4 Å². The highest BCUT2D eigenvalue weighted by Gasteiger charge is 2.38. The molecule has 2 unspecified atom stereocenters. The number of hydrogen-bond acceptors (Lipinski definition) is 4. The molecule has 0 aliphatic carbocycles. The van der Waals surface area contributed by atoms with Crippen LogP contribution < -0.4 is 0 Å². The Morgan fingerprint density at radius 3 is 1.73 bits per heavy atom. The second kappa shape index (κ2) is 3.59. The van der Waals surface area contributed by atoms with Gasteiger partial charge in [0.05, 0.1) is 4.83 Å². The Morgan fingerprint density at radius 1 is 1.00 bits per heavy atom. The van der Waals surface area contributed by atoms with Gasteiger partial charge in [0.25, 0.3) is 0 Å². The summed E-state index contributed by atoms with van der Waals surface area (Å²) in [5.41, 5.74) is 0. The maximum absolute atomic E-state index is 10.7. The predicted octanol–water partition coefficient (Wildman–Crippen LogP) is 1.48. The third kappa shape index (κ3) is 2.63.